The molecule has 2 aromatic heterocycles. The maximum Gasteiger partial charge on any atom is 0.0728 e. The van der Waals surface area contributed by atoms with Gasteiger partial charge in [0.2, 0.25) is 0 Å². The summed E-state index contributed by atoms with van der Waals surface area (Å²) in [6.45, 7) is 0. The zero-order chi connectivity index (χ0) is 33.7. The van der Waals surface area contributed by atoms with E-state index in [1.807, 2.05) is 11.3 Å². The van der Waals surface area contributed by atoms with Gasteiger partial charge in [-0.25, -0.2) is 0 Å². The molecule has 0 saturated heterocycles. The molecule has 51 heavy (non-hydrogen) atoms. The van der Waals surface area contributed by atoms with E-state index in [0.29, 0.717) is 0 Å². The normalized spacial score (nSPS) is 11.5. The highest BCUT2D eigenvalue weighted by Gasteiger charge is 2.22. The number of nitrogens with zero attached hydrogens (tertiary/aromatic N) is 2. The molecule has 0 aliphatic rings. The van der Waals surface area contributed by atoms with Crippen molar-refractivity contribution in [3.05, 3.63) is 194 Å². The average molecular weight is 669 g/mol. The second kappa shape index (κ2) is 12.2. The fraction of sp³-hybridized carbons (Fsp3) is 0. The Balaban J connectivity index is 1.18. The van der Waals surface area contributed by atoms with Crippen molar-refractivity contribution >= 4 is 70.4 Å². The highest BCUT2D eigenvalue weighted by atomic mass is 32.1. The molecule has 0 amide bonds. The molecule has 10 aromatic rings. The molecule has 240 valence electrons. The molecular weight excluding hydrogens is 637 g/mol. The number of aromatic nitrogens is 1. The lowest BCUT2D eigenvalue weighted by molar-refractivity contribution is 1.19. The van der Waals surface area contributed by atoms with E-state index in [0.717, 1.165) is 11.4 Å². The van der Waals surface area contributed by atoms with Gasteiger partial charge in [0.25, 0.3) is 0 Å². The quantitative estimate of drug-likeness (QED) is 0.171. The monoisotopic (exact) mass is 668 g/mol. The van der Waals surface area contributed by atoms with Crippen LogP contribution in [-0.2, 0) is 0 Å². The van der Waals surface area contributed by atoms with Gasteiger partial charge in [-0.3, -0.25) is 0 Å². The summed E-state index contributed by atoms with van der Waals surface area (Å²) in [5.41, 5.74) is 11.9. The Bertz CT molecular complexity index is 2820. The fourth-order valence-electron chi connectivity index (χ4n) is 7.63. The van der Waals surface area contributed by atoms with Gasteiger partial charge >= 0.3 is 0 Å². The van der Waals surface area contributed by atoms with Crippen molar-refractivity contribution in [1.29, 1.82) is 0 Å². The largest absolute Gasteiger partial charge is 0.309 e. The van der Waals surface area contributed by atoms with Gasteiger partial charge in [-0.2, -0.15) is 0 Å². The van der Waals surface area contributed by atoms with Gasteiger partial charge in [0.15, 0.2) is 0 Å². The first kappa shape index (κ1) is 29.5. The van der Waals surface area contributed by atoms with E-state index < -0.39 is 0 Å². The average Bonchev–Trinajstić information content (AvgIpc) is 3.74. The Hall–Kier alpha value is -6.42. The Labute approximate surface area is 300 Å². The maximum absolute atomic E-state index is 2.44. The lowest BCUT2D eigenvalue weighted by atomic mass is 9.98. The Morgan fingerprint density at radius 1 is 0.392 bits per heavy atom. The van der Waals surface area contributed by atoms with Crippen LogP contribution in [0.25, 0.3) is 69.9 Å². The first-order valence-electron chi connectivity index (χ1n) is 17.4. The molecule has 0 saturated carbocycles. The molecule has 0 aliphatic heterocycles. The molecule has 0 bridgehead atoms. The van der Waals surface area contributed by atoms with Gasteiger partial charge in [0.1, 0.15) is 0 Å². The van der Waals surface area contributed by atoms with E-state index in [9.17, 15) is 0 Å². The number of para-hydroxylation sites is 2. The van der Waals surface area contributed by atoms with E-state index in [1.165, 1.54) is 75.6 Å². The Kier molecular flexibility index (Phi) is 7.04. The van der Waals surface area contributed by atoms with Crippen molar-refractivity contribution in [3.8, 4) is 27.9 Å². The highest BCUT2D eigenvalue weighted by molar-refractivity contribution is 7.27. The molecule has 0 aliphatic carbocycles. The third kappa shape index (κ3) is 4.93. The van der Waals surface area contributed by atoms with Crippen LogP contribution in [0, 0.1) is 0 Å². The van der Waals surface area contributed by atoms with Crippen LogP contribution in [-0.4, -0.2) is 4.57 Å². The van der Waals surface area contributed by atoms with Crippen molar-refractivity contribution in [2.45, 2.75) is 0 Å². The number of fused-ring (bicyclic) bond motifs is 6. The molecule has 3 heteroatoms. The summed E-state index contributed by atoms with van der Waals surface area (Å²) in [5.74, 6) is 0. The molecule has 10 rings (SSSR count). The third-order valence-electron chi connectivity index (χ3n) is 10.00. The molecule has 2 heterocycles. The molecule has 2 nitrogen and oxygen atoms in total. The molecular formula is C48H32N2S. The second-order valence-corrected chi connectivity index (χ2v) is 14.0. The van der Waals surface area contributed by atoms with E-state index >= 15 is 0 Å². The molecule has 0 fully saturated rings. The van der Waals surface area contributed by atoms with Crippen LogP contribution in [0.1, 0.15) is 0 Å². The van der Waals surface area contributed by atoms with Crippen LogP contribution in [0.2, 0.25) is 0 Å². The zero-order valence-electron chi connectivity index (χ0n) is 27.8. The summed E-state index contributed by atoms with van der Waals surface area (Å²) in [5, 5.41) is 5.05. The molecule has 0 atom stereocenters. The minimum Gasteiger partial charge on any atom is -0.309 e. The van der Waals surface area contributed by atoms with Crippen LogP contribution in [0.15, 0.2) is 194 Å². The number of anilines is 3. The Morgan fingerprint density at radius 3 is 1.73 bits per heavy atom. The van der Waals surface area contributed by atoms with Crippen molar-refractivity contribution in [2.75, 3.05) is 4.90 Å². The minimum atomic E-state index is 1.12. The summed E-state index contributed by atoms with van der Waals surface area (Å²) in [6, 6.07) is 70.2. The summed E-state index contributed by atoms with van der Waals surface area (Å²) in [6.07, 6.45) is 0. The smallest absolute Gasteiger partial charge is 0.0728 e. The fourth-order valence-corrected chi connectivity index (χ4v) is 8.95. The van der Waals surface area contributed by atoms with Gasteiger partial charge in [0.05, 0.1) is 26.1 Å². The van der Waals surface area contributed by atoms with Crippen LogP contribution in [0.3, 0.4) is 0 Å². The molecule has 0 unspecified atom stereocenters. The minimum absolute atomic E-state index is 1.12. The number of thiophene rings is 1. The van der Waals surface area contributed by atoms with E-state index in [2.05, 4.69) is 204 Å². The summed E-state index contributed by atoms with van der Waals surface area (Å²) >= 11 is 1.89. The van der Waals surface area contributed by atoms with Gasteiger partial charge in [-0.1, -0.05) is 146 Å². The van der Waals surface area contributed by atoms with Crippen LogP contribution < -0.4 is 4.90 Å². The lowest BCUT2D eigenvalue weighted by Crippen LogP contribution is -2.10. The highest BCUT2D eigenvalue weighted by Crippen LogP contribution is 2.48. The van der Waals surface area contributed by atoms with Crippen molar-refractivity contribution in [3.63, 3.8) is 0 Å². The van der Waals surface area contributed by atoms with Gasteiger partial charge in [-0.05, 0) is 81.6 Å². The lowest BCUT2D eigenvalue weighted by Gasteiger charge is -2.26. The number of hydrogen-bond donors (Lipinski definition) is 0. The predicted molar refractivity (Wildman–Crippen MR) is 219 cm³/mol. The topological polar surface area (TPSA) is 8.17 Å². The number of rotatable bonds is 6. The number of benzene rings is 8. The van der Waals surface area contributed by atoms with Crippen LogP contribution >= 0.6 is 11.3 Å². The zero-order valence-corrected chi connectivity index (χ0v) is 28.6. The standard InChI is InChI=1S/C48H32N2S/c1-3-13-33(14-4-1)34-25-29-38(30-26-34)49(39-31-27-36(28-32-39)41-21-11-16-35-15-7-8-19-40(35)41)45-24-12-22-43-46-48(51-47(43)45)42-20-9-10-23-44(42)50(46)37-17-5-2-6-18-37/h1-32H. The third-order valence-corrected chi connectivity index (χ3v) is 11.2. The molecule has 8 aromatic carbocycles. The van der Waals surface area contributed by atoms with E-state index in [-0.39, 0.29) is 0 Å². The second-order valence-electron chi connectivity index (χ2n) is 12.9. The number of hydrogen-bond acceptors (Lipinski definition) is 2. The molecule has 0 radical (unpaired) electrons. The van der Waals surface area contributed by atoms with Crippen LogP contribution in [0.4, 0.5) is 17.1 Å². The summed E-state index contributed by atoms with van der Waals surface area (Å²) in [7, 11) is 0. The predicted octanol–water partition coefficient (Wildman–Crippen LogP) is 14.0. The van der Waals surface area contributed by atoms with Crippen molar-refractivity contribution in [1.82, 2.24) is 4.57 Å². The Morgan fingerprint density at radius 2 is 0.961 bits per heavy atom. The van der Waals surface area contributed by atoms with Gasteiger partial charge < -0.3 is 9.47 Å². The molecule has 0 spiro atoms. The molecule has 0 N–H and O–H groups in total. The van der Waals surface area contributed by atoms with E-state index in [4.69, 9.17) is 0 Å². The SMILES string of the molecule is c1ccc(-c2ccc(N(c3ccc(-c4cccc5ccccc45)cc3)c3cccc4c3sc3c5ccccc5n(-c5ccccc5)c43)cc2)cc1. The summed E-state index contributed by atoms with van der Waals surface area (Å²) in [4.78, 5) is 2.43. The van der Waals surface area contributed by atoms with E-state index in [1.54, 1.807) is 0 Å². The van der Waals surface area contributed by atoms with Crippen molar-refractivity contribution in [2.24, 2.45) is 0 Å². The summed E-state index contributed by atoms with van der Waals surface area (Å²) < 4.78 is 5.01. The van der Waals surface area contributed by atoms with Crippen LogP contribution in [0.5, 0.6) is 0 Å². The first-order valence-corrected chi connectivity index (χ1v) is 18.2. The first-order chi connectivity index (χ1) is 25.3. The van der Waals surface area contributed by atoms with Gasteiger partial charge in [-0.15, -0.1) is 11.3 Å². The van der Waals surface area contributed by atoms with Crippen molar-refractivity contribution < 1.29 is 0 Å². The maximum atomic E-state index is 2.44. The van der Waals surface area contributed by atoms with Gasteiger partial charge in [0, 0.05) is 27.8 Å².